The minimum atomic E-state index is -0.0267. The van der Waals surface area contributed by atoms with Crippen LogP contribution in [0.5, 0.6) is 0 Å². The van der Waals surface area contributed by atoms with Crippen molar-refractivity contribution in [1.82, 2.24) is 14.5 Å². The average molecular weight is 193 g/mol. The Morgan fingerprint density at radius 3 is 2.64 bits per heavy atom. The van der Waals surface area contributed by atoms with Crippen LogP contribution >= 0.6 is 0 Å². The summed E-state index contributed by atoms with van der Waals surface area (Å²) in [6.45, 7) is 4.82. The standard InChI is InChI=1S/C10H15N3O/c1-7-8(2)13(6-11-7)9-4-5-12(3)10(9)14/h6,9H,4-5H2,1-3H3. The maximum Gasteiger partial charge on any atom is 0.245 e. The van der Waals surface area contributed by atoms with Gasteiger partial charge >= 0.3 is 0 Å². The molecule has 2 heterocycles. The van der Waals surface area contributed by atoms with Crippen molar-refractivity contribution in [2.24, 2.45) is 0 Å². The Balaban J connectivity index is 2.32. The third-order valence-corrected chi connectivity index (χ3v) is 3.02. The zero-order valence-corrected chi connectivity index (χ0v) is 8.82. The predicted molar refractivity (Wildman–Crippen MR) is 53.0 cm³/mol. The van der Waals surface area contributed by atoms with Crippen LogP contribution in [-0.2, 0) is 4.79 Å². The van der Waals surface area contributed by atoms with Crippen molar-refractivity contribution in [3.63, 3.8) is 0 Å². The maximum absolute atomic E-state index is 11.7. The molecule has 1 unspecified atom stereocenters. The van der Waals surface area contributed by atoms with Crippen molar-refractivity contribution in [2.45, 2.75) is 26.3 Å². The van der Waals surface area contributed by atoms with E-state index in [9.17, 15) is 4.79 Å². The summed E-state index contributed by atoms with van der Waals surface area (Å²) in [6.07, 6.45) is 2.67. The molecule has 0 saturated carbocycles. The summed E-state index contributed by atoms with van der Waals surface area (Å²) in [6, 6.07) is -0.0267. The summed E-state index contributed by atoms with van der Waals surface area (Å²) in [5.41, 5.74) is 2.10. The van der Waals surface area contributed by atoms with Gasteiger partial charge in [-0.3, -0.25) is 4.79 Å². The van der Waals surface area contributed by atoms with Crippen LogP contribution in [0.1, 0.15) is 23.9 Å². The Morgan fingerprint density at radius 1 is 1.50 bits per heavy atom. The van der Waals surface area contributed by atoms with E-state index < -0.39 is 0 Å². The van der Waals surface area contributed by atoms with Gasteiger partial charge in [-0.15, -0.1) is 0 Å². The number of likely N-dealkylation sites (tertiary alicyclic amines) is 1. The molecular weight excluding hydrogens is 178 g/mol. The molecule has 0 spiro atoms. The number of hydrogen-bond donors (Lipinski definition) is 0. The van der Waals surface area contributed by atoms with Crippen LogP contribution < -0.4 is 0 Å². The molecule has 1 aliphatic heterocycles. The molecular formula is C10H15N3O. The first-order valence-corrected chi connectivity index (χ1v) is 4.86. The van der Waals surface area contributed by atoms with Crippen LogP contribution in [0.3, 0.4) is 0 Å². The Bertz CT molecular complexity index is 369. The largest absolute Gasteiger partial charge is 0.344 e. The summed E-state index contributed by atoms with van der Waals surface area (Å²) in [5, 5.41) is 0. The van der Waals surface area contributed by atoms with Crippen molar-refractivity contribution in [2.75, 3.05) is 13.6 Å². The van der Waals surface area contributed by atoms with E-state index in [4.69, 9.17) is 0 Å². The molecule has 2 rings (SSSR count). The number of rotatable bonds is 1. The van der Waals surface area contributed by atoms with E-state index in [1.807, 2.05) is 25.5 Å². The number of imidazole rings is 1. The topological polar surface area (TPSA) is 38.1 Å². The van der Waals surface area contributed by atoms with Crippen molar-refractivity contribution >= 4 is 5.91 Å². The Morgan fingerprint density at radius 2 is 2.21 bits per heavy atom. The summed E-state index contributed by atoms with van der Waals surface area (Å²) in [7, 11) is 1.85. The highest BCUT2D eigenvalue weighted by Crippen LogP contribution is 2.23. The fourth-order valence-electron chi connectivity index (χ4n) is 1.89. The Labute approximate surface area is 83.5 Å². The van der Waals surface area contributed by atoms with E-state index in [2.05, 4.69) is 4.98 Å². The molecule has 0 N–H and O–H groups in total. The molecule has 0 aromatic carbocycles. The summed E-state index contributed by atoms with van der Waals surface area (Å²) < 4.78 is 1.99. The van der Waals surface area contributed by atoms with Crippen molar-refractivity contribution in [3.8, 4) is 0 Å². The number of hydrogen-bond acceptors (Lipinski definition) is 2. The normalized spacial score (nSPS) is 22.1. The second-order valence-electron chi connectivity index (χ2n) is 3.89. The second kappa shape index (κ2) is 3.12. The number of aryl methyl sites for hydroxylation is 1. The maximum atomic E-state index is 11.7. The Kier molecular flexibility index (Phi) is 2.06. The van der Waals surface area contributed by atoms with E-state index in [-0.39, 0.29) is 11.9 Å². The third kappa shape index (κ3) is 1.22. The van der Waals surface area contributed by atoms with Crippen LogP contribution in [-0.4, -0.2) is 34.0 Å². The van der Waals surface area contributed by atoms with Crippen molar-refractivity contribution < 1.29 is 4.79 Å². The highest BCUT2D eigenvalue weighted by molar-refractivity contribution is 5.82. The van der Waals surface area contributed by atoms with Crippen LogP contribution in [0.2, 0.25) is 0 Å². The third-order valence-electron chi connectivity index (χ3n) is 3.02. The highest BCUT2D eigenvalue weighted by Gasteiger charge is 2.31. The van der Waals surface area contributed by atoms with Gasteiger partial charge < -0.3 is 9.47 Å². The molecule has 1 atom stereocenters. The monoisotopic (exact) mass is 193 g/mol. The molecule has 1 fully saturated rings. The van der Waals surface area contributed by atoms with Gasteiger partial charge in [-0.25, -0.2) is 4.98 Å². The molecule has 1 aliphatic rings. The number of likely N-dealkylation sites (N-methyl/N-ethyl adjacent to an activating group) is 1. The lowest BCUT2D eigenvalue weighted by Crippen LogP contribution is -2.24. The highest BCUT2D eigenvalue weighted by atomic mass is 16.2. The molecule has 1 saturated heterocycles. The van der Waals surface area contributed by atoms with Gasteiger partial charge in [0.05, 0.1) is 12.0 Å². The average Bonchev–Trinajstić information content (AvgIpc) is 2.63. The predicted octanol–water partition coefficient (Wildman–Crippen LogP) is 0.903. The first-order valence-electron chi connectivity index (χ1n) is 4.86. The molecule has 14 heavy (non-hydrogen) atoms. The van der Waals surface area contributed by atoms with E-state index in [1.54, 1.807) is 11.2 Å². The minimum Gasteiger partial charge on any atom is -0.344 e. The second-order valence-corrected chi connectivity index (χ2v) is 3.89. The fraction of sp³-hybridized carbons (Fsp3) is 0.600. The first kappa shape index (κ1) is 9.24. The van der Waals surface area contributed by atoms with Gasteiger partial charge in [0.25, 0.3) is 0 Å². The molecule has 1 aromatic rings. The van der Waals surface area contributed by atoms with Gasteiger partial charge in [0.15, 0.2) is 0 Å². The summed E-state index contributed by atoms with van der Waals surface area (Å²) in [4.78, 5) is 17.7. The SMILES string of the molecule is Cc1ncn(C2CCN(C)C2=O)c1C. The molecule has 4 nitrogen and oxygen atoms in total. The van der Waals surface area contributed by atoms with Crippen LogP contribution in [0.15, 0.2) is 6.33 Å². The minimum absolute atomic E-state index is 0.0267. The van der Waals surface area contributed by atoms with Gasteiger partial charge in [-0.2, -0.15) is 0 Å². The molecule has 1 aromatic heterocycles. The zero-order valence-electron chi connectivity index (χ0n) is 8.82. The summed E-state index contributed by atoms with van der Waals surface area (Å²) >= 11 is 0. The smallest absolute Gasteiger partial charge is 0.245 e. The number of nitrogens with zero attached hydrogens (tertiary/aromatic N) is 3. The molecule has 0 radical (unpaired) electrons. The lowest BCUT2D eigenvalue weighted by molar-refractivity contribution is -0.129. The summed E-state index contributed by atoms with van der Waals surface area (Å²) in [5.74, 6) is 0.200. The quantitative estimate of drug-likeness (QED) is 0.664. The molecule has 0 aliphatic carbocycles. The van der Waals surface area contributed by atoms with E-state index in [1.165, 1.54) is 0 Å². The number of carbonyl (C=O) groups excluding carboxylic acids is 1. The van der Waals surface area contributed by atoms with Gasteiger partial charge in [-0.05, 0) is 20.3 Å². The fourth-order valence-corrected chi connectivity index (χ4v) is 1.89. The number of aromatic nitrogens is 2. The van der Waals surface area contributed by atoms with E-state index in [0.29, 0.717) is 0 Å². The van der Waals surface area contributed by atoms with Crippen LogP contribution in [0.4, 0.5) is 0 Å². The Hall–Kier alpha value is -1.32. The van der Waals surface area contributed by atoms with Gasteiger partial charge in [0.2, 0.25) is 5.91 Å². The van der Waals surface area contributed by atoms with Crippen LogP contribution in [0, 0.1) is 13.8 Å². The first-order chi connectivity index (χ1) is 6.61. The van der Waals surface area contributed by atoms with Crippen molar-refractivity contribution in [3.05, 3.63) is 17.7 Å². The number of carbonyl (C=O) groups is 1. The number of amides is 1. The lowest BCUT2D eigenvalue weighted by Gasteiger charge is -2.13. The van der Waals surface area contributed by atoms with Gasteiger partial charge in [0.1, 0.15) is 6.04 Å². The van der Waals surface area contributed by atoms with Gasteiger partial charge in [0, 0.05) is 19.3 Å². The van der Waals surface area contributed by atoms with E-state index >= 15 is 0 Å². The zero-order chi connectivity index (χ0) is 10.3. The lowest BCUT2D eigenvalue weighted by atomic mass is 10.2. The van der Waals surface area contributed by atoms with Crippen molar-refractivity contribution in [1.29, 1.82) is 0 Å². The molecule has 0 bridgehead atoms. The van der Waals surface area contributed by atoms with Crippen LogP contribution in [0.25, 0.3) is 0 Å². The molecule has 76 valence electrons. The molecule has 4 heteroatoms. The van der Waals surface area contributed by atoms with E-state index in [0.717, 1.165) is 24.4 Å². The van der Waals surface area contributed by atoms with Gasteiger partial charge in [-0.1, -0.05) is 0 Å². The molecule has 1 amide bonds.